The lowest BCUT2D eigenvalue weighted by molar-refractivity contribution is 0.0587. The van der Waals surface area contributed by atoms with E-state index in [1.807, 2.05) is 0 Å². The summed E-state index contributed by atoms with van der Waals surface area (Å²) in [6.45, 7) is 5.40. The molecule has 0 aliphatic carbocycles. The smallest absolute Gasteiger partial charge is 0.165 e. The van der Waals surface area contributed by atoms with Gasteiger partial charge in [-0.3, -0.25) is 0 Å². The van der Waals surface area contributed by atoms with E-state index in [-0.39, 0.29) is 18.3 Å². The van der Waals surface area contributed by atoms with Crippen LogP contribution in [0.15, 0.2) is 16.8 Å². The molecule has 1 aliphatic heterocycles. The fourth-order valence-corrected chi connectivity index (χ4v) is 2.36. The average molecular weight is 261 g/mol. The Morgan fingerprint density at radius 1 is 1.47 bits per heavy atom. The largest absolute Gasteiger partial charge is 0.385 e. The molecule has 2 heterocycles. The van der Waals surface area contributed by atoms with E-state index >= 15 is 0 Å². The summed E-state index contributed by atoms with van der Waals surface area (Å²) >= 11 is 0. The normalized spacial score (nSPS) is 19.9. The Labute approximate surface area is 108 Å². The topological polar surface area (TPSA) is 49.5 Å². The highest BCUT2D eigenvalue weighted by molar-refractivity contribution is 5.85. The molecular formula is C12H21ClN2O2. The second-order valence-electron chi connectivity index (χ2n) is 4.54. The molecule has 0 aromatic carbocycles. The van der Waals surface area contributed by atoms with Crippen LogP contribution in [0, 0.1) is 5.92 Å². The average Bonchev–Trinajstić information content (AvgIpc) is 2.97. The Kier molecular flexibility index (Phi) is 5.95. The molecule has 98 valence electrons. The molecule has 0 bridgehead atoms. The lowest BCUT2D eigenvalue weighted by atomic mass is 9.97. The first-order valence-corrected chi connectivity index (χ1v) is 6.12. The van der Waals surface area contributed by atoms with Crippen LogP contribution in [-0.4, -0.2) is 34.8 Å². The summed E-state index contributed by atoms with van der Waals surface area (Å²) in [6, 6.07) is 1.75. The van der Waals surface area contributed by atoms with Crippen molar-refractivity contribution in [1.82, 2.24) is 10.1 Å². The molecule has 1 aliphatic rings. The molecule has 0 saturated carbocycles. The Balaban J connectivity index is 0.00000144. The van der Waals surface area contributed by atoms with Gasteiger partial charge in [0, 0.05) is 18.5 Å². The zero-order valence-corrected chi connectivity index (χ0v) is 11.0. The van der Waals surface area contributed by atoms with E-state index in [0.717, 1.165) is 13.0 Å². The van der Waals surface area contributed by atoms with Crippen LogP contribution in [0.2, 0.25) is 0 Å². The van der Waals surface area contributed by atoms with Gasteiger partial charge < -0.3 is 14.5 Å². The molecule has 0 radical (unpaired) electrons. The van der Waals surface area contributed by atoms with Gasteiger partial charge in [-0.1, -0.05) is 12.1 Å². The van der Waals surface area contributed by atoms with E-state index in [1.165, 1.54) is 25.9 Å². The Morgan fingerprint density at radius 3 is 2.71 bits per heavy atom. The quantitative estimate of drug-likeness (QED) is 0.882. The monoisotopic (exact) mass is 260 g/mol. The highest BCUT2D eigenvalue weighted by Gasteiger charge is 2.25. The van der Waals surface area contributed by atoms with Gasteiger partial charge in [0.25, 0.3) is 0 Å². The fraction of sp³-hybridized carbons (Fsp3) is 0.750. The van der Waals surface area contributed by atoms with Gasteiger partial charge in [-0.15, -0.1) is 12.4 Å². The lowest BCUT2D eigenvalue weighted by Crippen LogP contribution is -2.29. The van der Waals surface area contributed by atoms with Crippen molar-refractivity contribution in [3.63, 3.8) is 0 Å². The molecule has 0 amide bonds. The summed E-state index contributed by atoms with van der Waals surface area (Å²) in [4.78, 5) is 2.42. The van der Waals surface area contributed by atoms with Crippen molar-refractivity contribution in [1.29, 1.82) is 0 Å². The van der Waals surface area contributed by atoms with Crippen LogP contribution in [0.1, 0.15) is 38.1 Å². The first-order chi connectivity index (χ1) is 7.81. The standard InChI is InChI=1S/C12H20N2O2.ClH/c1-2-10(9-14-7-3-4-8-14)12(15)11-5-6-13-16-11;/h5-6,10,12,15H,2-4,7-9H2,1H3;1H. The minimum Gasteiger partial charge on any atom is -0.385 e. The van der Waals surface area contributed by atoms with E-state index in [9.17, 15) is 5.11 Å². The molecule has 1 fully saturated rings. The van der Waals surface area contributed by atoms with Crippen LogP contribution < -0.4 is 0 Å². The summed E-state index contributed by atoms with van der Waals surface area (Å²) in [5.41, 5.74) is 0. The SMILES string of the molecule is CCC(CN1CCCC1)C(O)c1ccno1.Cl. The zero-order chi connectivity index (χ0) is 11.4. The summed E-state index contributed by atoms with van der Waals surface area (Å²) in [7, 11) is 0. The second-order valence-corrected chi connectivity index (χ2v) is 4.54. The third-order valence-corrected chi connectivity index (χ3v) is 3.41. The first kappa shape index (κ1) is 14.5. The molecule has 5 heteroatoms. The van der Waals surface area contributed by atoms with E-state index < -0.39 is 6.10 Å². The molecule has 0 spiro atoms. The number of aromatic nitrogens is 1. The lowest BCUT2D eigenvalue weighted by Gasteiger charge is -2.25. The van der Waals surface area contributed by atoms with Gasteiger partial charge in [-0.05, 0) is 32.4 Å². The number of hydrogen-bond donors (Lipinski definition) is 1. The first-order valence-electron chi connectivity index (χ1n) is 6.12. The molecule has 4 nitrogen and oxygen atoms in total. The molecule has 1 aromatic heterocycles. The van der Waals surface area contributed by atoms with Gasteiger partial charge in [0.1, 0.15) is 6.10 Å². The minimum absolute atomic E-state index is 0. The summed E-state index contributed by atoms with van der Waals surface area (Å²) < 4.78 is 5.02. The van der Waals surface area contributed by atoms with Crippen molar-refractivity contribution in [3.05, 3.63) is 18.0 Å². The number of likely N-dealkylation sites (tertiary alicyclic amines) is 1. The van der Waals surface area contributed by atoms with E-state index in [0.29, 0.717) is 5.76 Å². The predicted molar refractivity (Wildman–Crippen MR) is 68.2 cm³/mol. The van der Waals surface area contributed by atoms with Crippen LogP contribution >= 0.6 is 12.4 Å². The second kappa shape index (κ2) is 6.99. The summed E-state index contributed by atoms with van der Waals surface area (Å²) in [6.07, 6.45) is 4.59. The fourth-order valence-electron chi connectivity index (χ4n) is 2.36. The molecule has 2 atom stereocenters. The molecule has 2 rings (SSSR count). The molecule has 1 aromatic rings. The van der Waals surface area contributed by atoms with Crippen molar-refractivity contribution in [2.75, 3.05) is 19.6 Å². The van der Waals surface area contributed by atoms with Crippen LogP contribution in [-0.2, 0) is 0 Å². The number of hydrogen-bond acceptors (Lipinski definition) is 4. The highest BCUT2D eigenvalue weighted by Crippen LogP contribution is 2.26. The number of aliphatic hydroxyl groups is 1. The van der Waals surface area contributed by atoms with Crippen molar-refractivity contribution < 1.29 is 9.63 Å². The van der Waals surface area contributed by atoms with Gasteiger partial charge in [-0.2, -0.15) is 0 Å². The zero-order valence-electron chi connectivity index (χ0n) is 10.2. The van der Waals surface area contributed by atoms with Gasteiger partial charge in [0.2, 0.25) is 0 Å². The van der Waals surface area contributed by atoms with E-state index in [4.69, 9.17) is 4.52 Å². The predicted octanol–water partition coefficient (Wildman–Crippen LogP) is 2.25. The minimum atomic E-state index is -0.520. The molecule has 1 N–H and O–H groups in total. The number of aliphatic hydroxyl groups excluding tert-OH is 1. The van der Waals surface area contributed by atoms with E-state index in [1.54, 1.807) is 12.3 Å². The van der Waals surface area contributed by atoms with Crippen molar-refractivity contribution in [2.24, 2.45) is 5.92 Å². The number of halogens is 1. The number of rotatable bonds is 5. The molecule has 17 heavy (non-hydrogen) atoms. The van der Waals surface area contributed by atoms with Gasteiger partial charge in [0.15, 0.2) is 5.76 Å². The van der Waals surface area contributed by atoms with Crippen LogP contribution in [0.4, 0.5) is 0 Å². The third-order valence-electron chi connectivity index (χ3n) is 3.41. The Hall–Kier alpha value is -0.580. The molecule has 2 unspecified atom stereocenters. The summed E-state index contributed by atoms with van der Waals surface area (Å²) in [5, 5.41) is 13.8. The van der Waals surface area contributed by atoms with Crippen molar-refractivity contribution >= 4 is 12.4 Å². The van der Waals surface area contributed by atoms with Gasteiger partial charge in [-0.25, -0.2) is 0 Å². The van der Waals surface area contributed by atoms with Crippen LogP contribution in [0.3, 0.4) is 0 Å². The molecule has 1 saturated heterocycles. The van der Waals surface area contributed by atoms with Crippen molar-refractivity contribution in [2.45, 2.75) is 32.3 Å². The number of nitrogens with zero attached hydrogens (tertiary/aromatic N) is 2. The maximum absolute atomic E-state index is 10.2. The van der Waals surface area contributed by atoms with Crippen LogP contribution in [0.5, 0.6) is 0 Å². The van der Waals surface area contributed by atoms with Gasteiger partial charge in [0.05, 0.1) is 6.20 Å². The third kappa shape index (κ3) is 3.69. The van der Waals surface area contributed by atoms with Gasteiger partial charge >= 0.3 is 0 Å². The van der Waals surface area contributed by atoms with E-state index in [2.05, 4.69) is 17.0 Å². The summed E-state index contributed by atoms with van der Waals surface area (Å²) in [5.74, 6) is 0.831. The maximum atomic E-state index is 10.2. The Bertz CT molecular complexity index is 299. The highest BCUT2D eigenvalue weighted by atomic mass is 35.5. The van der Waals surface area contributed by atoms with Crippen LogP contribution in [0.25, 0.3) is 0 Å². The Morgan fingerprint density at radius 2 is 2.18 bits per heavy atom. The molecular weight excluding hydrogens is 240 g/mol. The van der Waals surface area contributed by atoms with Crippen molar-refractivity contribution in [3.8, 4) is 0 Å². The maximum Gasteiger partial charge on any atom is 0.165 e.